The van der Waals surface area contributed by atoms with E-state index in [0.29, 0.717) is 5.75 Å². The third-order valence-electron chi connectivity index (χ3n) is 3.97. The molecule has 3 nitrogen and oxygen atoms in total. The summed E-state index contributed by atoms with van der Waals surface area (Å²) in [4.78, 5) is 15.7. The van der Waals surface area contributed by atoms with E-state index in [2.05, 4.69) is 24.3 Å². The van der Waals surface area contributed by atoms with Crippen LogP contribution in [-0.2, 0) is 4.79 Å². The smallest absolute Gasteiger partial charge is 0.308 e. The summed E-state index contributed by atoms with van der Waals surface area (Å²) in [6.07, 6.45) is 0. The molecule has 0 saturated heterocycles. The first-order valence-corrected chi connectivity index (χ1v) is 7.77. The van der Waals surface area contributed by atoms with E-state index in [1.54, 1.807) is 12.1 Å². The van der Waals surface area contributed by atoms with Gasteiger partial charge in [0.25, 0.3) is 0 Å². The zero-order valence-electron chi connectivity index (χ0n) is 13.2. The molecule has 0 saturated carbocycles. The fraction of sp³-hybridized carbons (Fsp3) is 0.0476. The number of benzene rings is 3. The van der Waals surface area contributed by atoms with Gasteiger partial charge in [0.15, 0.2) is 0 Å². The molecule has 0 N–H and O–H groups in total. The fourth-order valence-electron chi connectivity index (χ4n) is 2.84. The van der Waals surface area contributed by atoms with E-state index in [-0.39, 0.29) is 5.97 Å². The van der Waals surface area contributed by atoms with Gasteiger partial charge in [0.2, 0.25) is 0 Å². The van der Waals surface area contributed by atoms with Gasteiger partial charge in [0.05, 0.1) is 11.0 Å². The quantitative estimate of drug-likeness (QED) is 0.297. The molecule has 0 radical (unpaired) electrons. The van der Waals surface area contributed by atoms with Crippen LogP contribution in [0.15, 0.2) is 72.8 Å². The molecule has 0 aliphatic heterocycles. The maximum absolute atomic E-state index is 11.0. The summed E-state index contributed by atoms with van der Waals surface area (Å²) in [6.45, 7) is 1.40. The normalized spacial score (nSPS) is 10.9. The van der Waals surface area contributed by atoms with Gasteiger partial charge in [-0.2, -0.15) is 0 Å². The molecule has 0 bridgehead atoms. The first-order chi connectivity index (χ1) is 11.7. The second-order valence-corrected chi connectivity index (χ2v) is 5.71. The third-order valence-corrected chi connectivity index (χ3v) is 3.97. The third kappa shape index (κ3) is 2.72. The first-order valence-electron chi connectivity index (χ1n) is 7.77. The van der Waals surface area contributed by atoms with Gasteiger partial charge in [-0.15, -0.1) is 0 Å². The molecule has 0 aliphatic carbocycles. The van der Waals surface area contributed by atoms with Crippen LogP contribution < -0.4 is 4.74 Å². The number of aromatic nitrogens is 1. The molecule has 1 heterocycles. The highest BCUT2D eigenvalue weighted by Crippen LogP contribution is 2.27. The number of nitrogens with zero attached hydrogens (tertiary/aromatic N) is 1. The molecule has 0 amide bonds. The molecule has 0 aliphatic rings. The van der Waals surface area contributed by atoms with Crippen LogP contribution in [0.3, 0.4) is 0 Å². The lowest BCUT2D eigenvalue weighted by molar-refractivity contribution is -0.131. The number of fused-ring (bicyclic) bond motifs is 2. The van der Waals surface area contributed by atoms with E-state index in [1.807, 2.05) is 36.4 Å². The van der Waals surface area contributed by atoms with Crippen LogP contribution in [-0.4, -0.2) is 11.0 Å². The van der Waals surface area contributed by atoms with Crippen LogP contribution in [0.4, 0.5) is 0 Å². The van der Waals surface area contributed by atoms with Gasteiger partial charge in [-0.1, -0.05) is 36.4 Å². The number of ether oxygens (including phenoxy) is 1. The van der Waals surface area contributed by atoms with Gasteiger partial charge in [-0.25, -0.2) is 4.98 Å². The van der Waals surface area contributed by atoms with Crippen LogP contribution in [0.25, 0.3) is 32.9 Å². The minimum atomic E-state index is -0.314. The zero-order valence-corrected chi connectivity index (χ0v) is 13.2. The molecule has 0 fully saturated rings. The predicted octanol–water partition coefficient (Wildman–Crippen LogP) is 4.98. The second kappa shape index (κ2) is 5.78. The molecule has 0 spiro atoms. The van der Waals surface area contributed by atoms with Crippen molar-refractivity contribution in [3.8, 4) is 16.9 Å². The number of carbonyl (C=O) groups is 1. The topological polar surface area (TPSA) is 39.2 Å². The number of hydrogen-bond donors (Lipinski definition) is 0. The largest absolute Gasteiger partial charge is 0.427 e. The van der Waals surface area contributed by atoms with E-state index >= 15 is 0 Å². The van der Waals surface area contributed by atoms with Gasteiger partial charge in [0.1, 0.15) is 5.75 Å². The minimum Gasteiger partial charge on any atom is -0.427 e. The average Bonchev–Trinajstić information content (AvgIpc) is 2.59. The van der Waals surface area contributed by atoms with Crippen molar-refractivity contribution in [2.45, 2.75) is 6.92 Å². The summed E-state index contributed by atoms with van der Waals surface area (Å²) >= 11 is 0. The summed E-state index contributed by atoms with van der Waals surface area (Å²) < 4.78 is 5.07. The molecule has 3 heteroatoms. The highest BCUT2D eigenvalue weighted by Gasteiger charge is 2.04. The standard InChI is InChI=1S/C21H15NO2/c1-14(23)24-19-9-6-15(7-10-19)16-8-11-21-18(12-16)13-17-4-2-3-5-20(17)22-21/h2-13H,1H3. The Hall–Kier alpha value is -3.20. The highest BCUT2D eigenvalue weighted by molar-refractivity contribution is 5.94. The Bertz CT molecular complexity index is 1050. The van der Waals surface area contributed by atoms with E-state index in [4.69, 9.17) is 9.72 Å². The number of pyridine rings is 1. The monoisotopic (exact) mass is 313 g/mol. The molecular weight excluding hydrogens is 298 g/mol. The Kier molecular flexibility index (Phi) is 3.47. The summed E-state index contributed by atoms with van der Waals surface area (Å²) in [6, 6.07) is 24.0. The van der Waals surface area contributed by atoms with Gasteiger partial charge >= 0.3 is 5.97 Å². The number of rotatable bonds is 2. The second-order valence-electron chi connectivity index (χ2n) is 5.71. The SMILES string of the molecule is CC(=O)Oc1ccc(-c2ccc3nc4ccccc4cc3c2)cc1. The van der Waals surface area contributed by atoms with E-state index in [1.165, 1.54) is 6.92 Å². The van der Waals surface area contributed by atoms with Gasteiger partial charge < -0.3 is 4.74 Å². The van der Waals surface area contributed by atoms with Crippen molar-refractivity contribution in [2.75, 3.05) is 0 Å². The lowest BCUT2D eigenvalue weighted by Crippen LogP contribution is -2.00. The number of carbonyl (C=O) groups excluding carboxylic acids is 1. The minimum absolute atomic E-state index is 0.314. The van der Waals surface area contributed by atoms with E-state index in [9.17, 15) is 4.79 Å². The Morgan fingerprint density at radius 1 is 0.792 bits per heavy atom. The van der Waals surface area contributed by atoms with Crippen molar-refractivity contribution >= 4 is 27.8 Å². The van der Waals surface area contributed by atoms with Crippen LogP contribution in [0.5, 0.6) is 5.75 Å². The van der Waals surface area contributed by atoms with E-state index in [0.717, 1.165) is 32.9 Å². The Labute approximate surface area is 139 Å². The fourth-order valence-corrected chi connectivity index (χ4v) is 2.84. The summed E-state index contributed by atoms with van der Waals surface area (Å²) in [5.41, 5.74) is 4.16. The average molecular weight is 313 g/mol. The number of hydrogen-bond acceptors (Lipinski definition) is 3. The van der Waals surface area contributed by atoms with Crippen LogP contribution in [0.2, 0.25) is 0 Å². The molecule has 4 aromatic rings. The van der Waals surface area contributed by atoms with Crippen LogP contribution in [0.1, 0.15) is 6.92 Å². The maximum atomic E-state index is 11.0. The van der Waals surface area contributed by atoms with Crippen molar-refractivity contribution in [3.63, 3.8) is 0 Å². The first kappa shape index (κ1) is 14.4. The van der Waals surface area contributed by atoms with E-state index < -0.39 is 0 Å². The van der Waals surface area contributed by atoms with Crippen LogP contribution >= 0.6 is 0 Å². The van der Waals surface area contributed by atoms with Crippen molar-refractivity contribution in [2.24, 2.45) is 0 Å². The summed E-state index contributed by atoms with van der Waals surface area (Å²) in [5, 5.41) is 2.24. The zero-order chi connectivity index (χ0) is 16.5. The number of esters is 1. The predicted molar refractivity (Wildman–Crippen MR) is 96.0 cm³/mol. The summed E-state index contributed by atoms with van der Waals surface area (Å²) in [7, 11) is 0. The van der Waals surface area contributed by atoms with Gasteiger partial charge in [0, 0.05) is 17.7 Å². The van der Waals surface area contributed by atoms with Crippen molar-refractivity contribution in [1.82, 2.24) is 4.98 Å². The molecule has 4 rings (SSSR count). The molecular formula is C21H15NO2. The highest BCUT2D eigenvalue weighted by atomic mass is 16.5. The van der Waals surface area contributed by atoms with Crippen molar-refractivity contribution in [1.29, 1.82) is 0 Å². The van der Waals surface area contributed by atoms with Crippen molar-refractivity contribution in [3.05, 3.63) is 72.8 Å². The molecule has 1 aromatic heterocycles. The Morgan fingerprint density at radius 3 is 2.29 bits per heavy atom. The molecule has 0 unspecified atom stereocenters. The molecule has 3 aromatic carbocycles. The Balaban J connectivity index is 1.76. The van der Waals surface area contributed by atoms with Gasteiger partial charge in [-0.3, -0.25) is 4.79 Å². The van der Waals surface area contributed by atoms with Crippen LogP contribution in [0, 0.1) is 0 Å². The lowest BCUT2D eigenvalue weighted by atomic mass is 10.0. The van der Waals surface area contributed by atoms with Gasteiger partial charge in [-0.05, 0) is 47.5 Å². The summed E-state index contributed by atoms with van der Waals surface area (Å²) in [5.74, 6) is 0.242. The Morgan fingerprint density at radius 2 is 1.50 bits per heavy atom. The lowest BCUT2D eigenvalue weighted by Gasteiger charge is -2.07. The number of para-hydroxylation sites is 1. The maximum Gasteiger partial charge on any atom is 0.308 e. The molecule has 24 heavy (non-hydrogen) atoms. The molecule has 0 atom stereocenters. The molecule has 116 valence electrons. The van der Waals surface area contributed by atoms with Crippen molar-refractivity contribution < 1.29 is 9.53 Å².